The van der Waals surface area contributed by atoms with E-state index in [0.29, 0.717) is 24.8 Å². The van der Waals surface area contributed by atoms with Crippen molar-refractivity contribution in [2.24, 2.45) is 0 Å². The number of rotatable bonds is 2. The van der Waals surface area contributed by atoms with Crippen LogP contribution < -0.4 is 5.32 Å². The van der Waals surface area contributed by atoms with E-state index in [2.05, 4.69) is 15.5 Å². The molecule has 0 spiro atoms. The third-order valence-electron chi connectivity index (χ3n) is 3.09. The lowest BCUT2D eigenvalue weighted by Gasteiger charge is -2.29. The van der Waals surface area contributed by atoms with Crippen LogP contribution in [0.2, 0.25) is 0 Å². The van der Waals surface area contributed by atoms with Crippen molar-refractivity contribution in [3.8, 4) is 0 Å². The van der Waals surface area contributed by atoms with E-state index in [4.69, 9.17) is 4.52 Å². The zero-order valence-electron chi connectivity index (χ0n) is 11.4. The Balaban J connectivity index is 2.11. The summed E-state index contributed by atoms with van der Waals surface area (Å²) in [4.78, 5) is 17.8. The molecule has 6 heteroatoms. The van der Waals surface area contributed by atoms with Crippen LogP contribution in [0, 0.1) is 0 Å². The SMILES string of the molecule is C[C@H](c1nc(C(C)(C)C)no1)N1CCNC(=O)C1. The second-order valence-electron chi connectivity index (χ2n) is 5.70. The van der Waals surface area contributed by atoms with E-state index in [1.807, 2.05) is 32.6 Å². The molecule has 1 aromatic heterocycles. The second kappa shape index (κ2) is 4.68. The zero-order valence-corrected chi connectivity index (χ0v) is 11.4. The van der Waals surface area contributed by atoms with Gasteiger partial charge < -0.3 is 9.84 Å². The van der Waals surface area contributed by atoms with Gasteiger partial charge >= 0.3 is 0 Å². The third-order valence-corrected chi connectivity index (χ3v) is 3.09. The number of amides is 1. The van der Waals surface area contributed by atoms with Crippen LogP contribution in [0.1, 0.15) is 45.5 Å². The quantitative estimate of drug-likeness (QED) is 0.845. The average Bonchev–Trinajstić information content (AvgIpc) is 2.77. The van der Waals surface area contributed by atoms with E-state index < -0.39 is 0 Å². The summed E-state index contributed by atoms with van der Waals surface area (Å²) in [6.45, 7) is 9.97. The van der Waals surface area contributed by atoms with E-state index in [9.17, 15) is 4.79 Å². The molecule has 1 amide bonds. The molecule has 0 bridgehead atoms. The number of hydrogen-bond donors (Lipinski definition) is 1. The molecule has 1 aliphatic rings. The van der Waals surface area contributed by atoms with Crippen LogP contribution in [-0.4, -0.2) is 40.6 Å². The summed E-state index contributed by atoms with van der Waals surface area (Å²) < 4.78 is 5.31. The Labute approximate surface area is 107 Å². The molecule has 0 saturated carbocycles. The molecule has 1 fully saturated rings. The molecule has 0 unspecified atom stereocenters. The summed E-state index contributed by atoms with van der Waals surface area (Å²) in [5.74, 6) is 1.32. The number of piperazine rings is 1. The van der Waals surface area contributed by atoms with Gasteiger partial charge in [-0.2, -0.15) is 4.98 Å². The van der Waals surface area contributed by atoms with Gasteiger partial charge in [0, 0.05) is 18.5 Å². The molecule has 1 atom stereocenters. The van der Waals surface area contributed by atoms with Gasteiger partial charge in [0.1, 0.15) is 0 Å². The predicted molar refractivity (Wildman–Crippen MR) is 66.0 cm³/mol. The van der Waals surface area contributed by atoms with Gasteiger partial charge in [-0.25, -0.2) is 0 Å². The van der Waals surface area contributed by atoms with Crippen LogP contribution in [0.3, 0.4) is 0 Å². The van der Waals surface area contributed by atoms with Gasteiger partial charge in [-0.3, -0.25) is 9.69 Å². The van der Waals surface area contributed by atoms with Crippen molar-refractivity contribution in [1.82, 2.24) is 20.4 Å². The molecule has 1 aromatic rings. The van der Waals surface area contributed by atoms with Crippen molar-refractivity contribution in [2.45, 2.75) is 39.2 Å². The molecule has 2 heterocycles. The van der Waals surface area contributed by atoms with Crippen LogP contribution >= 0.6 is 0 Å². The molecule has 1 saturated heterocycles. The fourth-order valence-corrected chi connectivity index (χ4v) is 1.85. The van der Waals surface area contributed by atoms with Crippen LogP contribution in [0.15, 0.2) is 4.52 Å². The Kier molecular flexibility index (Phi) is 3.38. The molecule has 6 nitrogen and oxygen atoms in total. The molecule has 2 rings (SSSR count). The van der Waals surface area contributed by atoms with Crippen molar-refractivity contribution in [3.63, 3.8) is 0 Å². The summed E-state index contributed by atoms with van der Waals surface area (Å²) in [5, 5.41) is 6.81. The largest absolute Gasteiger partial charge is 0.354 e. The van der Waals surface area contributed by atoms with Gasteiger partial charge in [-0.15, -0.1) is 0 Å². The highest BCUT2D eigenvalue weighted by molar-refractivity contribution is 5.78. The lowest BCUT2D eigenvalue weighted by Crippen LogP contribution is -2.48. The first kappa shape index (κ1) is 13.0. The van der Waals surface area contributed by atoms with Crippen molar-refractivity contribution in [1.29, 1.82) is 0 Å². The maximum atomic E-state index is 11.4. The highest BCUT2D eigenvalue weighted by Crippen LogP contribution is 2.23. The number of carbonyl (C=O) groups is 1. The summed E-state index contributed by atoms with van der Waals surface area (Å²) in [6.07, 6.45) is 0. The summed E-state index contributed by atoms with van der Waals surface area (Å²) in [7, 11) is 0. The fraction of sp³-hybridized carbons (Fsp3) is 0.750. The Bertz CT molecular complexity index is 436. The first-order valence-electron chi connectivity index (χ1n) is 6.23. The maximum Gasteiger partial charge on any atom is 0.243 e. The number of hydrogen-bond acceptors (Lipinski definition) is 5. The Morgan fingerprint density at radius 1 is 1.44 bits per heavy atom. The van der Waals surface area contributed by atoms with Gasteiger partial charge in [0.15, 0.2) is 5.82 Å². The minimum Gasteiger partial charge on any atom is -0.354 e. The van der Waals surface area contributed by atoms with Crippen LogP contribution in [0.4, 0.5) is 0 Å². The Hall–Kier alpha value is -1.43. The smallest absolute Gasteiger partial charge is 0.243 e. The van der Waals surface area contributed by atoms with Crippen molar-refractivity contribution >= 4 is 5.91 Å². The molecule has 0 aliphatic carbocycles. The summed E-state index contributed by atoms with van der Waals surface area (Å²) in [5.41, 5.74) is -0.124. The Morgan fingerprint density at radius 2 is 2.17 bits per heavy atom. The highest BCUT2D eigenvalue weighted by Gasteiger charge is 2.28. The Morgan fingerprint density at radius 3 is 2.72 bits per heavy atom. The van der Waals surface area contributed by atoms with E-state index in [1.54, 1.807) is 0 Å². The normalized spacial score (nSPS) is 19.7. The minimum absolute atomic E-state index is 0.0281. The lowest BCUT2D eigenvalue weighted by atomic mass is 9.96. The number of nitrogens with zero attached hydrogens (tertiary/aromatic N) is 3. The lowest BCUT2D eigenvalue weighted by molar-refractivity contribution is -0.125. The highest BCUT2D eigenvalue weighted by atomic mass is 16.5. The van der Waals surface area contributed by atoms with E-state index in [0.717, 1.165) is 6.54 Å². The molecule has 100 valence electrons. The minimum atomic E-state index is -0.124. The summed E-state index contributed by atoms with van der Waals surface area (Å²) >= 11 is 0. The fourth-order valence-electron chi connectivity index (χ4n) is 1.85. The zero-order chi connectivity index (χ0) is 13.3. The molecular formula is C12H20N4O2. The van der Waals surface area contributed by atoms with Crippen molar-refractivity contribution in [2.75, 3.05) is 19.6 Å². The second-order valence-corrected chi connectivity index (χ2v) is 5.70. The molecule has 1 N–H and O–H groups in total. The number of nitrogens with one attached hydrogen (secondary N) is 1. The van der Waals surface area contributed by atoms with Crippen molar-refractivity contribution in [3.05, 3.63) is 11.7 Å². The van der Waals surface area contributed by atoms with Gasteiger partial charge in [-0.1, -0.05) is 25.9 Å². The molecule has 0 radical (unpaired) electrons. The molecular weight excluding hydrogens is 232 g/mol. The predicted octanol–water partition coefficient (Wildman–Crippen LogP) is 0.860. The first-order chi connectivity index (χ1) is 8.38. The van der Waals surface area contributed by atoms with Crippen molar-refractivity contribution < 1.29 is 9.32 Å². The monoisotopic (exact) mass is 252 g/mol. The van der Waals surface area contributed by atoms with Gasteiger partial charge in [0.05, 0.1) is 12.6 Å². The molecule has 1 aliphatic heterocycles. The topological polar surface area (TPSA) is 71.3 Å². The van der Waals surface area contributed by atoms with E-state index in [1.165, 1.54) is 0 Å². The van der Waals surface area contributed by atoms with E-state index >= 15 is 0 Å². The average molecular weight is 252 g/mol. The molecule has 18 heavy (non-hydrogen) atoms. The van der Waals surface area contributed by atoms with Crippen LogP contribution in [0.25, 0.3) is 0 Å². The third kappa shape index (κ3) is 2.69. The summed E-state index contributed by atoms with van der Waals surface area (Å²) in [6, 6.07) is -0.0281. The molecule has 0 aromatic carbocycles. The standard InChI is InChI=1S/C12H20N4O2/c1-8(16-6-5-13-9(17)7-16)10-14-11(15-18-10)12(2,3)4/h8H,5-7H2,1-4H3,(H,13,17)/t8-/m1/s1. The maximum absolute atomic E-state index is 11.4. The van der Waals surface area contributed by atoms with Gasteiger partial charge in [-0.05, 0) is 6.92 Å². The van der Waals surface area contributed by atoms with Gasteiger partial charge in [0.2, 0.25) is 11.8 Å². The van der Waals surface area contributed by atoms with Crippen LogP contribution in [-0.2, 0) is 10.2 Å². The number of aromatic nitrogens is 2. The van der Waals surface area contributed by atoms with Crippen LogP contribution in [0.5, 0.6) is 0 Å². The van der Waals surface area contributed by atoms with E-state index in [-0.39, 0.29) is 17.4 Å². The first-order valence-corrected chi connectivity index (χ1v) is 6.23. The number of carbonyl (C=O) groups excluding carboxylic acids is 1. The van der Waals surface area contributed by atoms with Gasteiger partial charge in [0.25, 0.3) is 0 Å².